The van der Waals surface area contributed by atoms with Gasteiger partial charge in [0.25, 0.3) is 5.91 Å². The van der Waals surface area contributed by atoms with Gasteiger partial charge >= 0.3 is 0 Å². The lowest BCUT2D eigenvalue weighted by Gasteiger charge is -2.12. The van der Waals surface area contributed by atoms with E-state index in [1.165, 1.54) is 0 Å². The molecule has 5 nitrogen and oxygen atoms in total. The molecule has 0 spiro atoms. The maximum Gasteiger partial charge on any atom is 0.256 e. The molecule has 0 aliphatic heterocycles. The number of carbonyl (C=O) groups excluding carboxylic acids is 2. The molecule has 2 amide bonds. The van der Waals surface area contributed by atoms with Crippen LogP contribution < -0.4 is 10.6 Å². The van der Waals surface area contributed by atoms with Gasteiger partial charge in [-0.1, -0.05) is 42.5 Å². The van der Waals surface area contributed by atoms with Crippen LogP contribution in [0, 0.1) is 17.2 Å². The number of amides is 2. The number of rotatable bonds is 5. The third-order valence-corrected chi connectivity index (χ3v) is 4.85. The van der Waals surface area contributed by atoms with Crippen LogP contribution in [0.25, 0.3) is 11.1 Å². The van der Waals surface area contributed by atoms with Gasteiger partial charge in [0.05, 0.1) is 11.6 Å². The van der Waals surface area contributed by atoms with Crippen LogP contribution in [0.5, 0.6) is 0 Å². The summed E-state index contributed by atoms with van der Waals surface area (Å²) in [4.78, 5) is 24.9. The summed E-state index contributed by atoms with van der Waals surface area (Å²) in [7, 11) is 0. The number of hydrogen-bond donors (Lipinski definition) is 2. The third-order valence-electron chi connectivity index (χ3n) is 4.85. The zero-order valence-electron chi connectivity index (χ0n) is 15.7. The smallest absolute Gasteiger partial charge is 0.256 e. The second kappa shape index (κ2) is 7.99. The van der Waals surface area contributed by atoms with Gasteiger partial charge in [-0.2, -0.15) is 5.26 Å². The zero-order valence-corrected chi connectivity index (χ0v) is 15.7. The predicted molar refractivity (Wildman–Crippen MR) is 112 cm³/mol. The number of anilines is 2. The average molecular weight is 381 g/mol. The number of nitriles is 1. The van der Waals surface area contributed by atoms with Crippen molar-refractivity contribution >= 4 is 23.2 Å². The molecule has 0 saturated heterocycles. The van der Waals surface area contributed by atoms with Gasteiger partial charge in [-0.05, 0) is 48.7 Å². The summed E-state index contributed by atoms with van der Waals surface area (Å²) in [6.07, 6.45) is 1.87. The molecule has 4 rings (SSSR count). The van der Waals surface area contributed by atoms with Crippen molar-refractivity contribution in [2.45, 2.75) is 12.8 Å². The van der Waals surface area contributed by atoms with Gasteiger partial charge in [-0.3, -0.25) is 9.59 Å². The zero-order chi connectivity index (χ0) is 20.2. The lowest BCUT2D eigenvalue weighted by molar-refractivity contribution is -0.117. The molecule has 3 aromatic carbocycles. The van der Waals surface area contributed by atoms with Crippen LogP contribution in [0.3, 0.4) is 0 Å². The standard InChI is InChI=1S/C24H19N3O2/c25-15-17-6-1-2-9-20(17)21-10-3-4-11-22(21)24(29)27-19-8-5-7-18(14-19)26-23(28)16-12-13-16/h1-11,14,16H,12-13H2,(H,26,28)(H,27,29). The summed E-state index contributed by atoms with van der Waals surface area (Å²) in [6.45, 7) is 0. The van der Waals surface area contributed by atoms with E-state index >= 15 is 0 Å². The molecule has 0 heterocycles. The normalized spacial score (nSPS) is 12.7. The van der Waals surface area contributed by atoms with Crippen molar-refractivity contribution in [2.75, 3.05) is 10.6 Å². The predicted octanol–water partition coefficient (Wildman–Crippen LogP) is 4.83. The SMILES string of the molecule is N#Cc1ccccc1-c1ccccc1C(=O)Nc1cccc(NC(=O)C2CC2)c1. The minimum Gasteiger partial charge on any atom is -0.326 e. The summed E-state index contributed by atoms with van der Waals surface area (Å²) >= 11 is 0. The monoisotopic (exact) mass is 381 g/mol. The lowest BCUT2D eigenvalue weighted by Crippen LogP contribution is -2.15. The Kier molecular flexibility index (Phi) is 5.08. The highest BCUT2D eigenvalue weighted by Crippen LogP contribution is 2.31. The van der Waals surface area contributed by atoms with Gasteiger partial charge in [-0.15, -0.1) is 0 Å². The largest absolute Gasteiger partial charge is 0.326 e. The molecule has 1 aliphatic rings. The third kappa shape index (κ3) is 4.17. The molecule has 142 valence electrons. The molecule has 3 aromatic rings. The molecule has 1 saturated carbocycles. The summed E-state index contributed by atoms with van der Waals surface area (Å²) in [5.74, 6) is -0.147. The van der Waals surface area contributed by atoms with E-state index in [4.69, 9.17) is 0 Å². The van der Waals surface area contributed by atoms with E-state index in [2.05, 4.69) is 16.7 Å². The number of nitrogens with zero attached hydrogens (tertiary/aromatic N) is 1. The first kappa shape index (κ1) is 18.5. The summed E-state index contributed by atoms with van der Waals surface area (Å²) in [6, 6.07) is 23.7. The van der Waals surface area contributed by atoms with E-state index in [0.717, 1.165) is 12.8 Å². The van der Waals surface area contributed by atoms with Crippen molar-refractivity contribution in [1.82, 2.24) is 0 Å². The maximum atomic E-state index is 13.0. The van der Waals surface area contributed by atoms with Crippen molar-refractivity contribution in [2.24, 2.45) is 5.92 Å². The number of carbonyl (C=O) groups is 2. The highest BCUT2D eigenvalue weighted by molar-refractivity contribution is 6.09. The Morgan fingerprint density at radius 1 is 0.828 bits per heavy atom. The van der Waals surface area contributed by atoms with E-state index < -0.39 is 0 Å². The first-order valence-electron chi connectivity index (χ1n) is 9.46. The summed E-state index contributed by atoms with van der Waals surface area (Å²) in [5, 5.41) is 15.2. The quantitative estimate of drug-likeness (QED) is 0.664. The Morgan fingerprint density at radius 3 is 2.21 bits per heavy atom. The second-order valence-corrected chi connectivity index (χ2v) is 7.00. The van der Waals surface area contributed by atoms with E-state index in [1.54, 1.807) is 48.5 Å². The van der Waals surface area contributed by atoms with Crippen LogP contribution in [0.2, 0.25) is 0 Å². The van der Waals surface area contributed by atoms with Gasteiger partial charge in [0, 0.05) is 28.4 Å². The molecule has 5 heteroatoms. The van der Waals surface area contributed by atoms with Crippen molar-refractivity contribution in [3.05, 3.63) is 83.9 Å². The Labute approximate surface area is 169 Å². The molecule has 1 aliphatic carbocycles. The van der Waals surface area contributed by atoms with Gasteiger partial charge in [0.15, 0.2) is 0 Å². The average Bonchev–Trinajstić information content (AvgIpc) is 3.59. The van der Waals surface area contributed by atoms with Gasteiger partial charge in [-0.25, -0.2) is 0 Å². The molecule has 1 fully saturated rings. The molecule has 29 heavy (non-hydrogen) atoms. The first-order chi connectivity index (χ1) is 14.2. The highest BCUT2D eigenvalue weighted by atomic mass is 16.2. The van der Waals surface area contributed by atoms with Gasteiger partial charge < -0.3 is 10.6 Å². The van der Waals surface area contributed by atoms with Crippen molar-refractivity contribution in [3.63, 3.8) is 0 Å². The molecule has 0 unspecified atom stereocenters. The number of benzene rings is 3. The fourth-order valence-corrected chi connectivity index (χ4v) is 3.19. The Balaban J connectivity index is 1.58. The Bertz CT molecular complexity index is 1130. The molecular formula is C24H19N3O2. The fourth-order valence-electron chi connectivity index (χ4n) is 3.19. The summed E-state index contributed by atoms with van der Waals surface area (Å²) < 4.78 is 0. The van der Waals surface area contributed by atoms with E-state index in [-0.39, 0.29) is 17.7 Å². The van der Waals surface area contributed by atoms with Crippen molar-refractivity contribution < 1.29 is 9.59 Å². The van der Waals surface area contributed by atoms with Crippen LogP contribution in [0.1, 0.15) is 28.8 Å². The Hall–Kier alpha value is -3.91. The number of hydrogen-bond acceptors (Lipinski definition) is 3. The summed E-state index contributed by atoms with van der Waals surface area (Å²) in [5.41, 5.74) is 3.64. The van der Waals surface area contributed by atoms with Crippen LogP contribution in [0.15, 0.2) is 72.8 Å². The molecule has 0 atom stereocenters. The number of nitrogens with one attached hydrogen (secondary N) is 2. The van der Waals surface area contributed by atoms with E-state index in [1.807, 2.05) is 24.3 Å². The fraction of sp³-hybridized carbons (Fsp3) is 0.125. The molecule has 0 radical (unpaired) electrons. The molecule has 0 aromatic heterocycles. The first-order valence-corrected chi connectivity index (χ1v) is 9.46. The minimum atomic E-state index is -0.279. The topological polar surface area (TPSA) is 82.0 Å². The van der Waals surface area contributed by atoms with Crippen molar-refractivity contribution in [1.29, 1.82) is 5.26 Å². The van der Waals surface area contributed by atoms with Crippen LogP contribution in [-0.2, 0) is 4.79 Å². The van der Waals surface area contributed by atoms with E-state index in [9.17, 15) is 14.9 Å². The Morgan fingerprint density at radius 2 is 1.48 bits per heavy atom. The van der Waals surface area contributed by atoms with E-state index in [0.29, 0.717) is 33.6 Å². The van der Waals surface area contributed by atoms with Gasteiger partial charge in [0.2, 0.25) is 5.91 Å². The van der Waals surface area contributed by atoms with Crippen LogP contribution in [-0.4, -0.2) is 11.8 Å². The highest BCUT2D eigenvalue weighted by Gasteiger charge is 2.29. The molecule has 2 N–H and O–H groups in total. The maximum absolute atomic E-state index is 13.0. The lowest BCUT2D eigenvalue weighted by atomic mass is 9.95. The van der Waals surface area contributed by atoms with Gasteiger partial charge in [0.1, 0.15) is 0 Å². The molecule has 0 bridgehead atoms. The minimum absolute atomic E-state index is 0.0203. The van der Waals surface area contributed by atoms with Crippen LogP contribution in [0.4, 0.5) is 11.4 Å². The molecular weight excluding hydrogens is 362 g/mol. The van der Waals surface area contributed by atoms with Crippen LogP contribution >= 0.6 is 0 Å². The second-order valence-electron chi connectivity index (χ2n) is 7.00. The van der Waals surface area contributed by atoms with Crippen molar-refractivity contribution in [3.8, 4) is 17.2 Å².